The third kappa shape index (κ3) is 23.9. The maximum Gasteiger partial charge on any atom is 0.243 e. The van der Waals surface area contributed by atoms with E-state index < -0.39 is 108 Å². The minimum Gasteiger partial charge on any atom is -0.393 e. The fourth-order valence-corrected chi connectivity index (χ4v) is 9.79. The molecule has 0 spiro atoms. The number of H-pyrrole nitrogens is 1. The number of hydrogen-bond acceptors (Lipinski definition) is 14. The summed E-state index contributed by atoms with van der Waals surface area (Å²) in [7, 11) is 0. The fraction of sp³-hybridized carbons (Fsp3) is 0.586. The van der Waals surface area contributed by atoms with Gasteiger partial charge in [0.25, 0.3) is 0 Å². The van der Waals surface area contributed by atoms with Gasteiger partial charge >= 0.3 is 0 Å². The zero-order valence-corrected chi connectivity index (χ0v) is 48.8. The first-order valence-electron chi connectivity index (χ1n) is 29.4. The molecule has 0 unspecified atom stereocenters. The number of aromatic nitrogens is 1. The van der Waals surface area contributed by atoms with Crippen molar-refractivity contribution in [1.82, 2.24) is 58.2 Å². The molecule has 2 heterocycles. The molecule has 1 aromatic heterocycles. The number of carbonyl (C=O) groups excluding carboxylic acids is 9. The molecule has 4 rings (SSSR count). The summed E-state index contributed by atoms with van der Waals surface area (Å²) in [4.78, 5) is 132. The Morgan fingerprint density at radius 1 is 0.655 bits per heavy atom. The second kappa shape index (κ2) is 36.8. The molecule has 2 aromatic carbocycles. The number of hydrogen-bond donors (Lipinski definition) is 17. The van der Waals surface area contributed by atoms with Gasteiger partial charge in [-0.25, -0.2) is 0 Å². The minimum atomic E-state index is -1.54. The lowest BCUT2D eigenvalue weighted by atomic mass is 10.00. The van der Waals surface area contributed by atoms with Gasteiger partial charge in [-0.3, -0.25) is 48.6 Å². The first kappa shape index (κ1) is 68.8. The van der Waals surface area contributed by atoms with Gasteiger partial charge < -0.3 is 86.2 Å². The molecule has 26 nitrogen and oxygen atoms in total. The summed E-state index contributed by atoms with van der Waals surface area (Å²) < 4.78 is 0. The van der Waals surface area contributed by atoms with Gasteiger partial charge in [-0.05, 0) is 94.1 Å². The zero-order valence-electron chi connectivity index (χ0n) is 48.8. The highest BCUT2D eigenvalue weighted by atomic mass is 16.3. The second-order valence-corrected chi connectivity index (χ2v) is 21.8. The van der Waals surface area contributed by atoms with E-state index in [1.807, 2.05) is 38.1 Å². The van der Waals surface area contributed by atoms with Crippen molar-refractivity contribution in [3.05, 3.63) is 71.9 Å². The van der Waals surface area contributed by atoms with Crippen LogP contribution in [0.15, 0.2) is 60.8 Å². The summed E-state index contributed by atoms with van der Waals surface area (Å²) in [5.41, 5.74) is 25.5. The molecule has 1 saturated heterocycles. The molecule has 1 fully saturated rings. The predicted octanol–water partition coefficient (Wildman–Crippen LogP) is -1.18. The molecule has 464 valence electrons. The van der Waals surface area contributed by atoms with Gasteiger partial charge in [0.15, 0.2) is 5.96 Å². The lowest BCUT2D eigenvalue weighted by Gasteiger charge is -2.28. The van der Waals surface area contributed by atoms with Crippen molar-refractivity contribution in [1.29, 1.82) is 5.41 Å². The fourth-order valence-electron chi connectivity index (χ4n) is 9.79. The number of guanidine groups is 1. The van der Waals surface area contributed by atoms with E-state index >= 15 is 0 Å². The van der Waals surface area contributed by atoms with Crippen molar-refractivity contribution < 1.29 is 48.3 Å². The van der Waals surface area contributed by atoms with E-state index in [1.165, 1.54) is 0 Å². The molecule has 1 aliphatic rings. The summed E-state index contributed by atoms with van der Waals surface area (Å²) in [6.07, 6.45) is 4.84. The molecule has 0 bridgehead atoms. The van der Waals surface area contributed by atoms with Gasteiger partial charge in [-0.1, -0.05) is 101 Å². The third-order valence-corrected chi connectivity index (χ3v) is 14.3. The normalized spacial score (nSPS) is 21.6. The van der Waals surface area contributed by atoms with Crippen LogP contribution in [0.2, 0.25) is 0 Å². The number of unbranched alkanes of at least 4 members (excludes halogenated alkanes) is 4. The zero-order chi connectivity index (χ0) is 61.6. The molecule has 3 aromatic rings. The number of nitrogens with one attached hydrogen (secondary N) is 12. The average molecular weight is 1170 g/mol. The van der Waals surface area contributed by atoms with E-state index in [4.69, 9.17) is 28.3 Å². The Hall–Kier alpha value is -7.68. The van der Waals surface area contributed by atoms with Crippen LogP contribution in [0.1, 0.15) is 122 Å². The van der Waals surface area contributed by atoms with E-state index in [-0.39, 0.29) is 109 Å². The van der Waals surface area contributed by atoms with Gasteiger partial charge in [0.05, 0.1) is 12.5 Å². The number of aliphatic hydroxyl groups is 1. The highest BCUT2D eigenvalue weighted by Gasteiger charge is 2.36. The van der Waals surface area contributed by atoms with Crippen LogP contribution >= 0.6 is 0 Å². The van der Waals surface area contributed by atoms with Gasteiger partial charge in [0.2, 0.25) is 53.2 Å². The second-order valence-electron chi connectivity index (χ2n) is 21.8. The Kier molecular flexibility index (Phi) is 30.2. The summed E-state index contributed by atoms with van der Waals surface area (Å²) in [5.74, 6) is -7.60. The highest BCUT2D eigenvalue weighted by Crippen LogP contribution is 2.20. The average Bonchev–Trinajstić information content (AvgIpc) is 4.13. The Bertz CT molecular complexity index is 2620. The van der Waals surface area contributed by atoms with E-state index in [1.54, 1.807) is 36.5 Å². The van der Waals surface area contributed by atoms with Gasteiger partial charge in [-0.2, -0.15) is 0 Å². The van der Waals surface area contributed by atoms with Gasteiger partial charge in [0, 0.05) is 43.0 Å². The Labute approximate surface area is 491 Å². The lowest BCUT2D eigenvalue weighted by molar-refractivity contribution is -0.136. The Morgan fingerprint density at radius 2 is 1.19 bits per heavy atom. The quantitative estimate of drug-likeness (QED) is 0.0243. The van der Waals surface area contributed by atoms with Crippen LogP contribution < -0.4 is 76.1 Å². The number of aromatic amines is 1. The van der Waals surface area contributed by atoms with E-state index in [9.17, 15) is 48.3 Å². The van der Waals surface area contributed by atoms with Crippen molar-refractivity contribution in [3.63, 3.8) is 0 Å². The van der Waals surface area contributed by atoms with E-state index in [0.29, 0.717) is 24.0 Å². The standard InChI is InChI=1S/C58H92N16O10/c1-4-5-6-7-11-17-38(75)33-49(76)67-41(20-14-28-65-58(62)63)51(78)71-45-24-29-64-50(77)48(32-37-34-66-40-19-13-12-18-39(37)40)74-54(81)44(23-27-61)68-52(79)42(21-25-59)70-56(83)46(30-35(2)3)72-57(84)47(31-36-15-9-8-10-16-36)73-53(80)43(22-26-60)69-55(45)82/h8-10,12-13,15-16,18-19,34-35,38,41-48,66,75H,4-7,11,14,17,20-33,59-61H2,1-3H3,(H,64,77)(H,67,76)(H,68,79)(H,69,82)(H,70,83)(H,71,78)(H,72,84)(H,73,80)(H,74,81)(H4,62,63,65)/t38-,41-,42+,43+,44+,45+,46+,47-,48+/m1/s1. The molecule has 21 N–H and O–H groups in total. The minimum absolute atomic E-state index is 0.0205. The number of aliphatic hydroxyl groups excluding tert-OH is 1. The van der Waals surface area contributed by atoms with E-state index in [0.717, 1.165) is 36.6 Å². The van der Waals surface area contributed by atoms with Crippen molar-refractivity contribution >= 4 is 70.0 Å². The van der Waals surface area contributed by atoms with Crippen LogP contribution in [-0.2, 0) is 56.0 Å². The number of carbonyl (C=O) groups is 9. The SMILES string of the molecule is CCCCCCC[C@@H](O)CC(=O)N[C@H](CCCNC(=N)N)C(=O)N[C@H]1CCNC(=O)[C@H](Cc2c[nH]c3ccccc23)NC(=O)[C@H](CCN)NC(=O)[C@H](CCN)NC(=O)[C@H](CC(C)C)NC(=O)[C@@H](Cc2ccccc2)NC(=O)[C@H](CCN)NC1=O. The number of benzene rings is 2. The summed E-state index contributed by atoms with van der Waals surface area (Å²) in [6.45, 7) is 5.25. The number of para-hydroxylation sites is 1. The Morgan fingerprint density at radius 3 is 1.79 bits per heavy atom. The number of fused-ring (bicyclic) bond motifs is 1. The summed E-state index contributed by atoms with van der Waals surface area (Å²) >= 11 is 0. The van der Waals surface area contributed by atoms with Crippen molar-refractivity contribution in [2.75, 3.05) is 32.7 Å². The van der Waals surface area contributed by atoms with Crippen LogP contribution in [-0.4, -0.2) is 156 Å². The van der Waals surface area contributed by atoms with Crippen LogP contribution in [0.3, 0.4) is 0 Å². The van der Waals surface area contributed by atoms with Crippen LogP contribution in [0.5, 0.6) is 0 Å². The molecular formula is C58H92N16O10. The molecule has 84 heavy (non-hydrogen) atoms. The van der Waals surface area contributed by atoms with Crippen LogP contribution in [0.25, 0.3) is 10.9 Å². The van der Waals surface area contributed by atoms with E-state index in [2.05, 4.69) is 65.1 Å². The molecule has 0 radical (unpaired) electrons. The highest BCUT2D eigenvalue weighted by molar-refractivity contribution is 5.98. The van der Waals surface area contributed by atoms with Crippen molar-refractivity contribution in [2.45, 2.75) is 178 Å². The topological polar surface area (TPSA) is 438 Å². The number of amides is 9. The first-order valence-corrected chi connectivity index (χ1v) is 29.4. The first-order chi connectivity index (χ1) is 40.3. The Balaban J connectivity index is 1.80. The smallest absolute Gasteiger partial charge is 0.243 e. The molecule has 1 aliphatic heterocycles. The third-order valence-electron chi connectivity index (χ3n) is 14.3. The number of rotatable bonds is 27. The van der Waals surface area contributed by atoms with Crippen molar-refractivity contribution in [3.8, 4) is 0 Å². The van der Waals surface area contributed by atoms with Crippen molar-refractivity contribution in [2.24, 2.45) is 28.9 Å². The molecule has 9 atom stereocenters. The lowest BCUT2D eigenvalue weighted by Crippen LogP contribution is -2.61. The molecular weight excluding hydrogens is 1080 g/mol. The molecule has 0 saturated carbocycles. The monoisotopic (exact) mass is 1170 g/mol. The maximum absolute atomic E-state index is 14.7. The van der Waals surface area contributed by atoms with Crippen LogP contribution in [0.4, 0.5) is 0 Å². The summed E-state index contributed by atoms with van der Waals surface area (Å²) in [6, 6.07) is 5.18. The molecule has 0 aliphatic carbocycles. The predicted molar refractivity (Wildman–Crippen MR) is 319 cm³/mol. The molecule has 9 amide bonds. The van der Waals surface area contributed by atoms with Crippen LogP contribution in [0, 0.1) is 11.3 Å². The van der Waals surface area contributed by atoms with Gasteiger partial charge in [-0.15, -0.1) is 0 Å². The maximum atomic E-state index is 14.7. The number of nitrogens with two attached hydrogens (primary N) is 4. The largest absolute Gasteiger partial charge is 0.393 e. The van der Waals surface area contributed by atoms with Gasteiger partial charge in [0.1, 0.15) is 48.3 Å². The summed E-state index contributed by atoms with van der Waals surface area (Å²) in [5, 5.41) is 46.3. The molecule has 26 heteroatoms.